The predicted octanol–water partition coefficient (Wildman–Crippen LogP) is 2.71. The minimum absolute atomic E-state index is 0.0343. The molecule has 94 valence electrons. The Morgan fingerprint density at radius 3 is 2.38 bits per heavy atom. The van der Waals surface area contributed by atoms with Crippen LogP contribution in [0.3, 0.4) is 0 Å². The summed E-state index contributed by atoms with van der Waals surface area (Å²) in [6, 6.07) is 0. The Bertz CT molecular complexity index is 181. The van der Waals surface area contributed by atoms with Gasteiger partial charge >= 0.3 is 0 Å². The third-order valence-electron chi connectivity index (χ3n) is 4.33. The average Bonchev–Trinajstić information content (AvgIpc) is 2.62. The van der Waals surface area contributed by atoms with Gasteiger partial charge in [0.15, 0.2) is 0 Å². The molecule has 1 aliphatic heterocycles. The van der Waals surface area contributed by atoms with E-state index in [2.05, 4.69) is 5.32 Å². The lowest BCUT2D eigenvalue weighted by Crippen LogP contribution is -2.25. The van der Waals surface area contributed by atoms with Gasteiger partial charge in [-0.2, -0.15) is 0 Å². The summed E-state index contributed by atoms with van der Waals surface area (Å²) in [5, 5.41) is 13.6. The van der Waals surface area contributed by atoms with E-state index in [0.717, 1.165) is 31.2 Å². The normalized spacial score (nSPS) is 30.2. The molecule has 0 aromatic heterocycles. The molecule has 2 N–H and O–H groups in total. The fraction of sp³-hybridized carbons (Fsp3) is 1.00. The first-order valence-corrected chi connectivity index (χ1v) is 7.23. The first kappa shape index (κ1) is 12.4. The molecular formula is C14H27NO. The van der Waals surface area contributed by atoms with Crippen LogP contribution in [0.1, 0.15) is 57.8 Å². The second-order valence-electron chi connectivity index (χ2n) is 5.84. The topological polar surface area (TPSA) is 32.3 Å². The quantitative estimate of drug-likeness (QED) is 0.771. The first-order valence-electron chi connectivity index (χ1n) is 7.23. The van der Waals surface area contributed by atoms with Crippen LogP contribution in [0.2, 0.25) is 0 Å². The van der Waals surface area contributed by atoms with Crippen LogP contribution in [0, 0.1) is 11.8 Å². The molecule has 2 aliphatic rings. The third-order valence-corrected chi connectivity index (χ3v) is 4.33. The number of nitrogens with one attached hydrogen (secondary N) is 1. The molecule has 1 heterocycles. The summed E-state index contributed by atoms with van der Waals surface area (Å²) in [6.45, 7) is 2.30. The van der Waals surface area contributed by atoms with Crippen molar-refractivity contribution in [3.63, 3.8) is 0 Å². The van der Waals surface area contributed by atoms with Crippen molar-refractivity contribution in [2.24, 2.45) is 11.8 Å². The van der Waals surface area contributed by atoms with Crippen molar-refractivity contribution in [3.05, 3.63) is 0 Å². The van der Waals surface area contributed by atoms with Gasteiger partial charge in [-0.05, 0) is 50.6 Å². The molecule has 2 atom stereocenters. The molecule has 0 bridgehead atoms. The Kier molecular flexibility index (Phi) is 5.11. The van der Waals surface area contributed by atoms with Crippen molar-refractivity contribution < 1.29 is 5.11 Å². The molecule has 2 heteroatoms. The van der Waals surface area contributed by atoms with Gasteiger partial charge in [-0.1, -0.05) is 32.1 Å². The fourth-order valence-electron chi connectivity index (χ4n) is 3.40. The highest BCUT2D eigenvalue weighted by atomic mass is 16.3. The van der Waals surface area contributed by atoms with E-state index in [1.54, 1.807) is 0 Å². The zero-order chi connectivity index (χ0) is 11.2. The van der Waals surface area contributed by atoms with Gasteiger partial charge in [0.2, 0.25) is 0 Å². The van der Waals surface area contributed by atoms with E-state index in [-0.39, 0.29) is 6.10 Å². The summed E-state index contributed by atoms with van der Waals surface area (Å²) in [7, 11) is 0. The van der Waals surface area contributed by atoms with Crippen molar-refractivity contribution in [2.75, 3.05) is 13.1 Å². The van der Waals surface area contributed by atoms with Crippen molar-refractivity contribution >= 4 is 0 Å². The molecule has 0 aromatic rings. The maximum Gasteiger partial charge on any atom is 0.0546 e. The van der Waals surface area contributed by atoms with Gasteiger partial charge in [0, 0.05) is 0 Å². The fourth-order valence-corrected chi connectivity index (χ4v) is 3.40. The summed E-state index contributed by atoms with van der Waals surface area (Å²) in [4.78, 5) is 0. The molecule has 2 unspecified atom stereocenters. The highest BCUT2D eigenvalue weighted by molar-refractivity contribution is 4.75. The van der Waals surface area contributed by atoms with Crippen molar-refractivity contribution in [1.29, 1.82) is 0 Å². The molecule has 2 nitrogen and oxygen atoms in total. The van der Waals surface area contributed by atoms with Gasteiger partial charge in [-0.25, -0.2) is 0 Å². The van der Waals surface area contributed by atoms with E-state index in [9.17, 15) is 5.11 Å². The van der Waals surface area contributed by atoms with Crippen LogP contribution in [-0.2, 0) is 0 Å². The van der Waals surface area contributed by atoms with E-state index < -0.39 is 0 Å². The van der Waals surface area contributed by atoms with E-state index in [4.69, 9.17) is 0 Å². The van der Waals surface area contributed by atoms with Gasteiger partial charge in [0.25, 0.3) is 0 Å². The molecule has 0 aromatic carbocycles. The predicted molar refractivity (Wildman–Crippen MR) is 67.4 cm³/mol. The second kappa shape index (κ2) is 6.61. The molecule has 2 rings (SSSR count). The van der Waals surface area contributed by atoms with Crippen LogP contribution in [0.15, 0.2) is 0 Å². The van der Waals surface area contributed by atoms with Crippen LogP contribution in [-0.4, -0.2) is 24.3 Å². The van der Waals surface area contributed by atoms with Crippen LogP contribution in [0.25, 0.3) is 0 Å². The minimum atomic E-state index is -0.0343. The lowest BCUT2D eigenvalue weighted by Gasteiger charge is -2.20. The summed E-state index contributed by atoms with van der Waals surface area (Å²) in [6.07, 6.45) is 11.5. The molecular weight excluding hydrogens is 198 g/mol. The third kappa shape index (κ3) is 4.06. The maximum atomic E-state index is 10.1. The van der Waals surface area contributed by atoms with Gasteiger partial charge in [0.05, 0.1) is 6.10 Å². The lowest BCUT2D eigenvalue weighted by atomic mass is 9.91. The highest BCUT2D eigenvalue weighted by Crippen LogP contribution is 2.30. The van der Waals surface area contributed by atoms with Gasteiger partial charge in [-0.15, -0.1) is 0 Å². The summed E-state index contributed by atoms with van der Waals surface area (Å²) >= 11 is 0. The molecule has 1 saturated carbocycles. The highest BCUT2D eigenvalue weighted by Gasteiger charge is 2.21. The second-order valence-corrected chi connectivity index (χ2v) is 5.84. The monoisotopic (exact) mass is 225 g/mol. The molecule has 16 heavy (non-hydrogen) atoms. The van der Waals surface area contributed by atoms with Crippen LogP contribution in [0.5, 0.6) is 0 Å². The molecule has 1 saturated heterocycles. The SMILES string of the molecule is OC(CC1CCCC1)CC1CCCCNC1. The van der Waals surface area contributed by atoms with Crippen molar-refractivity contribution in [3.8, 4) is 0 Å². The first-order chi connectivity index (χ1) is 7.84. The molecule has 1 aliphatic carbocycles. The largest absolute Gasteiger partial charge is 0.393 e. The Morgan fingerprint density at radius 2 is 1.56 bits per heavy atom. The van der Waals surface area contributed by atoms with E-state index >= 15 is 0 Å². The standard InChI is InChI=1S/C14H27NO/c16-14(9-12-5-1-2-6-12)10-13-7-3-4-8-15-11-13/h12-16H,1-11H2. The zero-order valence-corrected chi connectivity index (χ0v) is 10.5. The number of aliphatic hydroxyl groups excluding tert-OH is 1. The van der Waals surface area contributed by atoms with E-state index in [0.29, 0.717) is 0 Å². The van der Waals surface area contributed by atoms with Crippen LogP contribution in [0.4, 0.5) is 0 Å². The van der Waals surface area contributed by atoms with E-state index in [1.807, 2.05) is 0 Å². The maximum absolute atomic E-state index is 10.1. The molecule has 0 amide bonds. The minimum Gasteiger partial charge on any atom is -0.393 e. The molecule has 0 spiro atoms. The molecule has 0 radical (unpaired) electrons. The Morgan fingerprint density at radius 1 is 0.938 bits per heavy atom. The Hall–Kier alpha value is -0.0800. The smallest absolute Gasteiger partial charge is 0.0546 e. The number of hydrogen-bond donors (Lipinski definition) is 2. The Labute approximate surface area is 99.8 Å². The number of rotatable bonds is 4. The summed E-state index contributed by atoms with van der Waals surface area (Å²) < 4.78 is 0. The van der Waals surface area contributed by atoms with E-state index in [1.165, 1.54) is 51.5 Å². The number of hydrogen-bond acceptors (Lipinski definition) is 2. The van der Waals surface area contributed by atoms with Gasteiger partial charge < -0.3 is 10.4 Å². The number of aliphatic hydroxyl groups is 1. The lowest BCUT2D eigenvalue weighted by molar-refractivity contribution is 0.113. The Balaban J connectivity index is 1.66. The van der Waals surface area contributed by atoms with Crippen LogP contribution >= 0.6 is 0 Å². The van der Waals surface area contributed by atoms with Crippen molar-refractivity contribution in [2.45, 2.75) is 63.9 Å². The van der Waals surface area contributed by atoms with Crippen molar-refractivity contribution in [1.82, 2.24) is 5.32 Å². The van der Waals surface area contributed by atoms with Crippen LogP contribution < -0.4 is 5.32 Å². The van der Waals surface area contributed by atoms with Gasteiger partial charge in [-0.3, -0.25) is 0 Å². The molecule has 2 fully saturated rings. The average molecular weight is 225 g/mol. The van der Waals surface area contributed by atoms with Gasteiger partial charge in [0.1, 0.15) is 0 Å². The summed E-state index contributed by atoms with van der Waals surface area (Å²) in [5.74, 6) is 1.55. The summed E-state index contributed by atoms with van der Waals surface area (Å²) in [5.41, 5.74) is 0. The zero-order valence-electron chi connectivity index (χ0n) is 10.5.